The highest BCUT2D eigenvalue weighted by molar-refractivity contribution is 5.51. The fraction of sp³-hybridized carbons (Fsp3) is 0.455. The summed E-state index contributed by atoms with van der Waals surface area (Å²) in [5, 5.41) is 3.38. The van der Waals surface area contributed by atoms with Crippen LogP contribution in [0.2, 0.25) is 0 Å². The average molecular weight is 176 g/mol. The zero-order chi connectivity index (χ0) is 9.31. The lowest BCUT2D eigenvalue weighted by atomic mass is 9.81. The zero-order valence-electron chi connectivity index (χ0n) is 8.01. The van der Waals surface area contributed by atoms with Gasteiger partial charge in [-0.2, -0.15) is 0 Å². The number of nitrogens with two attached hydrogens (primary N) is 1. The van der Waals surface area contributed by atoms with Crippen LogP contribution >= 0.6 is 0 Å². The Morgan fingerprint density at radius 2 is 2.15 bits per heavy atom. The Morgan fingerprint density at radius 3 is 2.77 bits per heavy atom. The van der Waals surface area contributed by atoms with Crippen molar-refractivity contribution in [2.75, 3.05) is 18.8 Å². The number of benzene rings is 1. The minimum absolute atomic E-state index is 0.241. The van der Waals surface area contributed by atoms with E-state index in [2.05, 4.69) is 24.4 Å². The van der Waals surface area contributed by atoms with Gasteiger partial charge in [-0.25, -0.2) is 0 Å². The van der Waals surface area contributed by atoms with Crippen LogP contribution in [0.4, 0.5) is 5.69 Å². The first-order valence-corrected chi connectivity index (χ1v) is 4.78. The predicted octanol–water partition coefficient (Wildman–Crippen LogP) is 1.52. The molecule has 1 fully saturated rings. The summed E-state index contributed by atoms with van der Waals surface area (Å²) in [5.41, 5.74) is 8.42. The van der Waals surface area contributed by atoms with E-state index in [0.29, 0.717) is 0 Å². The highest BCUT2D eigenvalue weighted by atomic mass is 14.9. The van der Waals surface area contributed by atoms with Gasteiger partial charge in [0.2, 0.25) is 0 Å². The number of rotatable bonds is 1. The van der Waals surface area contributed by atoms with Gasteiger partial charge in [0.25, 0.3) is 0 Å². The normalized spacial score (nSPS) is 27.8. The summed E-state index contributed by atoms with van der Waals surface area (Å²) in [6, 6.07) is 8.18. The van der Waals surface area contributed by atoms with Gasteiger partial charge in [-0.3, -0.25) is 0 Å². The first kappa shape index (κ1) is 8.57. The highest BCUT2D eigenvalue weighted by Crippen LogP contribution is 2.33. The lowest BCUT2D eigenvalue weighted by molar-refractivity contribution is 0.527. The molecule has 1 unspecified atom stereocenters. The van der Waals surface area contributed by atoms with E-state index in [1.165, 1.54) is 12.0 Å². The van der Waals surface area contributed by atoms with Crippen molar-refractivity contribution in [3.05, 3.63) is 29.8 Å². The van der Waals surface area contributed by atoms with Gasteiger partial charge in [-0.1, -0.05) is 25.1 Å². The molecule has 1 aromatic rings. The van der Waals surface area contributed by atoms with Crippen LogP contribution in [0.25, 0.3) is 0 Å². The average Bonchev–Trinajstić information content (AvgIpc) is 2.54. The zero-order valence-corrected chi connectivity index (χ0v) is 8.01. The standard InChI is InChI=1S/C11H16N2/c1-11(6-7-13-8-11)9-4-2-3-5-10(9)12/h2-5,13H,6-8,12H2,1H3. The molecule has 1 saturated heterocycles. The molecule has 13 heavy (non-hydrogen) atoms. The van der Waals surface area contributed by atoms with Crippen LogP contribution in [0.15, 0.2) is 24.3 Å². The maximum absolute atomic E-state index is 5.96. The molecule has 1 aromatic carbocycles. The predicted molar refractivity (Wildman–Crippen MR) is 55.7 cm³/mol. The third kappa shape index (κ3) is 1.42. The summed E-state index contributed by atoms with van der Waals surface area (Å²) >= 11 is 0. The molecule has 1 aliphatic heterocycles. The monoisotopic (exact) mass is 176 g/mol. The number of anilines is 1. The van der Waals surface area contributed by atoms with Gasteiger partial charge in [0.15, 0.2) is 0 Å². The molecule has 0 aromatic heterocycles. The minimum Gasteiger partial charge on any atom is -0.398 e. The molecular weight excluding hydrogens is 160 g/mol. The smallest absolute Gasteiger partial charge is 0.0352 e. The van der Waals surface area contributed by atoms with Crippen LogP contribution in [0.1, 0.15) is 18.9 Å². The molecule has 1 heterocycles. The molecule has 0 spiro atoms. The third-order valence-electron chi connectivity index (χ3n) is 2.98. The molecule has 0 saturated carbocycles. The molecule has 0 bridgehead atoms. The summed E-state index contributed by atoms with van der Waals surface area (Å²) in [6.07, 6.45) is 1.18. The number of para-hydroxylation sites is 1. The van der Waals surface area contributed by atoms with Crippen molar-refractivity contribution < 1.29 is 0 Å². The Labute approximate surface area is 79.1 Å². The van der Waals surface area contributed by atoms with Crippen LogP contribution in [0.3, 0.4) is 0 Å². The lowest BCUT2D eigenvalue weighted by Crippen LogP contribution is -2.25. The number of nitrogen functional groups attached to an aromatic ring is 1. The topological polar surface area (TPSA) is 38.0 Å². The molecular formula is C11H16N2. The largest absolute Gasteiger partial charge is 0.398 e. The summed E-state index contributed by atoms with van der Waals surface area (Å²) in [4.78, 5) is 0. The van der Waals surface area contributed by atoms with Crippen LogP contribution < -0.4 is 11.1 Å². The quantitative estimate of drug-likeness (QED) is 0.637. The first-order chi connectivity index (χ1) is 6.22. The molecule has 2 nitrogen and oxygen atoms in total. The van der Waals surface area contributed by atoms with Crippen molar-refractivity contribution in [3.63, 3.8) is 0 Å². The fourth-order valence-corrected chi connectivity index (χ4v) is 2.09. The van der Waals surface area contributed by atoms with Gasteiger partial charge < -0.3 is 11.1 Å². The van der Waals surface area contributed by atoms with Crippen LogP contribution in [-0.4, -0.2) is 13.1 Å². The third-order valence-corrected chi connectivity index (χ3v) is 2.98. The van der Waals surface area contributed by atoms with E-state index < -0.39 is 0 Å². The van der Waals surface area contributed by atoms with Crippen LogP contribution in [0, 0.1) is 0 Å². The van der Waals surface area contributed by atoms with Crippen molar-refractivity contribution in [2.24, 2.45) is 0 Å². The van der Waals surface area contributed by atoms with E-state index in [4.69, 9.17) is 5.73 Å². The molecule has 3 N–H and O–H groups in total. The molecule has 2 rings (SSSR count). The fourth-order valence-electron chi connectivity index (χ4n) is 2.09. The summed E-state index contributed by atoms with van der Waals surface area (Å²) in [6.45, 7) is 4.42. The van der Waals surface area contributed by atoms with Crippen molar-refractivity contribution in [1.82, 2.24) is 5.32 Å². The molecule has 0 radical (unpaired) electrons. The van der Waals surface area contributed by atoms with Gasteiger partial charge in [-0.05, 0) is 24.6 Å². The van der Waals surface area contributed by atoms with Crippen molar-refractivity contribution in [2.45, 2.75) is 18.8 Å². The van der Waals surface area contributed by atoms with Gasteiger partial charge >= 0.3 is 0 Å². The van der Waals surface area contributed by atoms with Gasteiger partial charge in [0, 0.05) is 17.6 Å². The molecule has 0 aliphatic carbocycles. The van der Waals surface area contributed by atoms with Crippen LogP contribution in [-0.2, 0) is 5.41 Å². The van der Waals surface area contributed by atoms with E-state index in [9.17, 15) is 0 Å². The number of hydrogen-bond donors (Lipinski definition) is 2. The molecule has 1 aliphatic rings. The summed E-state index contributed by atoms with van der Waals surface area (Å²) in [5.74, 6) is 0. The molecule has 1 atom stereocenters. The van der Waals surface area contributed by atoms with E-state index in [1.54, 1.807) is 0 Å². The molecule has 2 heteroatoms. The molecule has 70 valence electrons. The van der Waals surface area contributed by atoms with Gasteiger partial charge in [0.1, 0.15) is 0 Å². The summed E-state index contributed by atoms with van der Waals surface area (Å²) < 4.78 is 0. The Hall–Kier alpha value is -1.02. The SMILES string of the molecule is CC1(c2ccccc2N)CCNC1. The maximum Gasteiger partial charge on any atom is 0.0352 e. The van der Waals surface area contributed by atoms with Gasteiger partial charge in [-0.15, -0.1) is 0 Å². The van der Waals surface area contributed by atoms with Gasteiger partial charge in [0.05, 0.1) is 0 Å². The first-order valence-electron chi connectivity index (χ1n) is 4.78. The van der Waals surface area contributed by atoms with E-state index in [-0.39, 0.29) is 5.41 Å². The Kier molecular flexibility index (Phi) is 2.00. The molecule has 0 amide bonds. The Morgan fingerprint density at radius 1 is 1.38 bits per heavy atom. The Balaban J connectivity index is 2.39. The maximum atomic E-state index is 5.96. The lowest BCUT2D eigenvalue weighted by Gasteiger charge is -2.24. The van der Waals surface area contributed by atoms with Crippen molar-refractivity contribution >= 4 is 5.69 Å². The van der Waals surface area contributed by atoms with Crippen molar-refractivity contribution in [3.8, 4) is 0 Å². The Bertz CT molecular complexity index is 301. The van der Waals surface area contributed by atoms with E-state index >= 15 is 0 Å². The van der Waals surface area contributed by atoms with Crippen molar-refractivity contribution in [1.29, 1.82) is 0 Å². The second-order valence-corrected chi connectivity index (χ2v) is 4.07. The number of hydrogen-bond acceptors (Lipinski definition) is 2. The highest BCUT2D eigenvalue weighted by Gasteiger charge is 2.31. The second-order valence-electron chi connectivity index (χ2n) is 4.07. The number of nitrogens with one attached hydrogen (secondary N) is 1. The second kappa shape index (κ2) is 3.04. The van der Waals surface area contributed by atoms with Crippen LogP contribution in [0.5, 0.6) is 0 Å². The van der Waals surface area contributed by atoms with E-state index in [0.717, 1.165) is 18.8 Å². The summed E-state index contributed by atoms with van der Waals surface area (Å²) in [7, 11) is 0. The van der Waals surface area contributed by atoms with E-state index in [1.807, 2.05) is 12.1 Å². The minimum atomic E-state index is 0.241.